The predicted molar refractivity (Wildman–Crippen MR) is 71.5 cm³/mol. The maximum Gasteiger partial charge on any atom is 0.246 e. The summed E-state index contributed by atoms with van der Waals surface area (Å²) in [4.78, 5) is 0.312. The molecule has 0 aromatic carbocycles. The number of nitrogens with zero attached hydrogens (tertiary/aromatic N) is 2. The number of sulfonamides is 1. The summed E-state index contributed by atoms with van der Waals surface area (Å²) in [5.41, 5.74) is 1.13. The number of aromatic amines is 1. The minimum Gasteiger partial charge on any atom is -0.315 e. The monoisotopic (exact) mass is 294 g/mol. The van der Waals surface area contributed by atoms with E-state index < -0.39 is 10.0 Å². The lowest BCUT2D eigenvalue weighted by molar-refractivity contribution is 0.387. The molecule has 1 aliphatic rings. The van der Waals surface area contributed by atoms with Crippen molar-refractivity contribution in [3.8, 4) is 0 Å². The van der Waals surface area contributed by atoms with Crippen LogP contribution in [0.3, 0.4) is 0 Å². The van der Waals surface area contributed by atoms with E-state index >= 15 is 0 Å². The second-order valence-electron chi connectivity index (χ2n) is 4.43. The van der Waals surface area contributed by atoms with Gasteiger partial charge in [-0.25, -0.2) is 8.42 Å². The Balaban J connectivity index is 0.00000162. The minimum atomic E-state index is -3.44. The number of H-pyrrole nitrogens is 1. The smallest absolute Gasteiger partial charge is 0.246 e. The topological polar surface area (TPSA) is 78.1 Å². The first-order chi connectivity index (χ1) is 7.94. The van der Waals surface area contributed by atoms with Crippen LogP contribution in [0.5, 0.6) is 0 Å². The van der Waals surface area contributed by atoms with E-state index in [1.165, 1.54) is 4.31 Å². The third-order valence-electron chi connectivity index (χ3n) is 3.25. The molecule has 8 heteroatoms. The van der Waals surface area contributed by atoms with Crippen LogP contribution in [0.1, 0.15) is 17.8 Å². The SMILES string of the molecule is Cc1n[nH]c(C)c1S(=O)(=O)N(C)C1CCNC1.Cl. The van der Waals surface area contributed by atoms with Crippen molar-refractivity contribution in [3.05, 3.63) is 11.4 Å². The summed E-state index contributed by atoms with van der Waals surface area (Å²) in [5.74, 6) is 0. The first-order valence-electron chi connectivity index (χ1n) is 5.65. The van der Waals surface area contributed by atoms with Gasteiger partial charge >= 0.3 is 0 Å². The zero-order valence-electron chi connectivity index (χ0n) is 10.7. The zero-order chi connectivity index (χ0) is 12.6. The Kier molecular flexibility index (Phi) is 4.77. The van der Waals surface area contributed by atoms with Gasteiger partial charge in [-0.05, 0) is 26.8 Å². The molecule has 0 spiro atoms. The molecule has 0 amide bonds. The summed E-state index contributed by atoms with van der Waals surface area (Å²) >= 11 is 0. The second-order valence-corrected chi connectivity index (χ2v) is 6.37. The molecule has 1 fully saturated rings. The van der Waals surface area contributed by atoms with Crippen molar-refractivity contribution < 1.29 is 8.42 Å². The molecule has 2 rings (SSSR count). The molecule has 18 heavy (non-hydrogen) atoms. The zero-order valence-corrected chi connectivity index (χ0v) is 12.4. The molecule has 1 saturated heterocycles. The van der Waals surface area contributed by atoms with Crippen LogP contribution in [0.4, 0.5) is 0 Å². The summed E-state index contributed by atoms with van der Waals surface area (Å²) in [6.45, 7) is 5.02. The molecule has 0 saturated carbocycles. The lowest BCUT2D eigenvalue weighted by atomic mass is 10.3. The Bertz CT molecular complexity index is 488. The first kappa shape index (κ1) is 15.4. The molecule has 0 radical (unpaired) electrons. The van der Waals surface area contributed by atoms with Crippen LogP contribution < -0.4 is 5.32 Å². The summed E-state index contributed by atoms with van der Waals surface area (Å²) in [5, 5.41) is 9.83. The number of rotatable bonds is 3. The van der Waals surface area contributed by atoms with Gasteiger partial charge in [0, 0.05) is 19.6 Å². The van der Waals surface area contributed by atoms with Gasteiger partial charge in [0.1, 0.15) is 4.90 Å². The Hall–Kier alpha value is -0.630. The van der Waals surface area contributed by atoms with E-state index in [0.717, 1.165) is 13.0 Å². The van der Waals surface area contributed by atoms with Crippen molar-refractivity contribution in [2.24, 2.45) is 0 Å². The molecule has 2 heterocycles. The van der Waals surface area contributed by atoms with Crippen molar-refractivity contribution in [3.63, 3.8) is 0 Å². The quantitative estimate of drug-likeness (QED) is 0.847. The highest BCUT2D eigenvalue weighted by Crippen LogP contribution is 2.23. The average molecular weight is 295 g/mol. The van der Waals surface area contributed by atoms with Gasteiger partial charge in [0.2, 0.25) is 10.0 Å². The third-order valence-corrected chi connectivity index (χ3v) is 5.42. The number of nitrogens with one attached hydrogen (secondary N) is 2. The van der Waals surface area contributed by atoms with Crippen molar-refractivity contribution in [1.29, 1.82) is 0 Å². The molecule has 2 N–H and O–H groups in total. The van der Waals surface area contributed by atoms with Gasteiger partial charge in [-0.1, -0.05) is 0 Å². The van der Waals surface area contributed by atoms with Crippen LogP contribution in [0.2, 0.25) is 0 Å². The number of likely N-dealkylation sites (N-methyl/N-ethyl adjacent to an activating group) is 1. The van der Waals surface area contributed by atoms with Crippen LogP contribution in [0.25, 0.3) is 0 Å². The van der Waals surface area contributed by atoms with Crippen LogP contribution >= 0.6 is 12.4 Å². The molecule has 1 aromatic heterocycles. The summed E-state index contributed by atoms with van der Waals surface area (Å²) < 4.78 is 26.4. The molecule has 0 bridgehead atoms. The van der Waals surface area contributed by atoms with Crippen LogP contribution in [0, 0.1) is 13.8 Å². The van der Waals surface area contributed by atoms with Gasteiger partial charge in [-0.15, -0.1) is 12.4 Å². The van der Waals surface area contributed by atoms with Gasteiger partial charge in [-0.2, -0.15) is 9.40 Å². The average Bonchev–Trinajstić information content (AvgIpc) is 2.87. The lowest BCUT2D eigenvalue weighted by Crippen LogP contribution is -2.38. The number of aromatic nitrogens is 2. The Morgan fingerprint density at radius 3 is 2.50 bits per heavy atom. The van der Waals surface area contributed by atoms with E-state index in [0.29, 0.717) is 22.8 Å². The summed E-state index contributed by atoms with van der Waals surface area (Å²) in [7, 11) is -1.80. The van der Waals surface area contributed by atoms with Crippen molar-refractivity contribution >= 4 is 22.4 Å². The molecular formula is C10H19ClN4O2S. The first-order valence-corrected chi connectivity index (χ1v) is 7.09. The molecule has 104 valence electrons. The van der Waals surface area contributed by atoms with Crippen LogP contribution in [0.15, 0.2) is 4.90 Å². The van der Waals surface area contributed by atoms with Crippen LogP contribution in [-0.4, -0.2) is 49.1 Å². The van der Waals surface area contributed by atoms with Crippen molar-refractivity contribution in [1.82, 2.24) is 19.8 Å². The van der Waals surface area contributed by atoms with E-state index in [9.17, 15) is 8.42 Å². The Morgan fingerprint density at radius 1 is 1.39 bits per heavy atom. The summed E-state index contributed by atoms with van der Waals surface area (Å²) in [6, 6.07) is 0.0358. The third kappa shape index (κ3) is 2.54. The number of hydrogen-bond acceptors (Lipinski definition) is 4. The fourth-order valence-electron chi connectivity index (χ4n) is 2.21. The Morgan fingerprint density at radius 2 is 2.06 bits per heavy atom. The maximum absolute atomic E-state index is 12.5. The second kappa shape index (κ2) is 5.56. The van der Waals surface area contributed by atoms with E-state index in [-0.39, 0.29) is 18.4 Å². The van der Waals surface area contributed by atoms with Gasteiger partial charge in [0.05, 0.1) is 11.4 Å². The van der Waals surface area contributed by atoms with Crippen molar-refractivity contribution in [2.45, 2.75) is 31.2 Å². The van der Waals surface area contributed by atoms with Crippen LogP contribution in [-0.2, 0) is 10.0 Å². The summed E-state index contributed by atoms with van der Waals surface area (Å²) in [6.07, 6.45) is 0.853. The van der Waals surface area contributed by atoms with E-state index in [4.69, 9.17) is 0 Å². The van der Waals surface area contributed by atoms with Gasteiger partial charge in [0.25, 0.3) is 0 Å². The number of aryl methyl sites for hydroxylation is 2. The van der Waals surface area contributed by atoms with Gasteiger partial charge < -0.3 is 5.32 Å². The number of hydrogen-bond donors (Lipinski definition) is 2. The highest BCUT2D eigenvalue weighted by atomic mass is 35.5. The van der Waals surface area contributed by atoms with Gasteiger partial charge in [-0.3, -0.25) is 5.10 Å². The van der Waals surface area contributed by atoms with E-state index in [1.54, 1.807) is 20.9 Å². The van der Waals surface area contributed by atoms with Crippen molar-refractivity contribution in [2.75, 3.05) is 20.1 Å². The Labute approximate surface area is 114 Å². The highest BCUT2D eigenvalue weighted by molar-refractivity contribution is 7.89. The predicted octanol–water partition coefficient (Wildman–Crippen LogP) is 0.431. The fraction of sp³-hybridized carbons (Fsp3) is 0.700. The molecule has 1 aliphatic heterocycles. The molecule has 1 aromatic rings. The van der Waals surface area contributed by atoms with E-state index in [1.807, 2.05) is 0 Å². The number of halogens is 1. The molecule has 1 atom stereocenters. The fourth-order valence-corrected chi connectivity index (χ4v) is 3.92. The lowest BCUT2D eigenvalue weighted by Gasteiger charge is -2.23. The highest BCUT2D eigenvalue weighted by Gasteiger charge is 2.33. The molecule has 6 nitrogen and oxygen atoms in total. The van der Waals surface area contributed by atoms with Gasteiger partial charge in [0.15, 0.2) is 0 Å². The molecular weight excluding hydrogens is 276 g/mol. The standard InChI is InChI=1S/C10H18N4O2S.ClH/c1-7-10(8(2)13-12-7)17(15,16)14(3)9-4-5-11-6-9;/h9,11H,4-6H2,1-3H3,(H,12,13);1H. The minimum absolute atomic E-state index is 0. The molecule has 0 aliphatic carbocycles. The molecule has 1 unspecified atom stereocenters. The maximum atomic E-state index is 12.5. The normalized spacial score (nSPS) is 20.1. The van der Waals surface area contributed by atoms with E-state index in [2.05, 4.69) is 15.5 Å². The largest absolute Gasteiger partial charge is 0.315 e.